The lowest BCUT2D eigenvalue weighted by Gasteiger charge is -2.35. The van der Waals surface area contributed by atoms with Gasteiger partial charge in [0.2, 0.25) is 10.0 Å². The monoisotopic (exact) mass is 371 g/mol. The molecule has 1 aliphatic rings. The third kappa shape index (κ3) is 7.13. The van der Waals surface area contributed by atoms with Crippen molar-refractivity contribution < 1.29 is 13.2 Å². The highest BCUT2D eigenvalue weighted by Gasteiger charge is 2.28. The smallest absolute Gasteiger partial charge is 0.208 e. The quantitative estimate of drug-likeness (QED) is 0.564. The van der Waals surface area contributed by atoms with E-state index in [0.29, 0.717) is 25.4 Å². The second-order valence-corrected chi connectivity index (χ2v) is 8.54. The number of anilines is 2. The van der Waals surface area contributed by atoms with E-state index in [0.717, 1.165) is 37.3 Å². The number of sulfonamides is 1. The molecule has 2 atom stereocenters. The number of nitrogens with one attached hydrogen (secondary N) is 3. The Kier molecular flexibility index (Phi) is 7.39. The lowest BCUT2D eigenvalue weighted by Crippen LogP contribution is -2.43. The number of nitrogens with zero attached hydrogens (tertiary/aromatic N) is 2. The molecule has 0 bridgehead atoms. The standard InChI is InChI=1S/C16H29N5O3S/c1-12(2)16-13(6-4-9-24-16)21-15-10-14(18-11-19-15)17-7-5-8-20-25(3,22)23/h10-13,16,20H,4-9H2,1-3H3,(H2,17,18,19,21)/t13-,16+/m0/s1. The first-order valence-electron chi connectivity index (χ1n) is 8.74. The number of hydrogen-bond acceptors (Lipinski definition) is 7. The molecule has 1 aromatic rings. The number of ether oxygens (including phenoxy) is 1. The second-order valence-electron chi connectivity index (χ2n) is 6.71. The van der Waals surface area contributed by atoms with Crippen molar-refractivity contribution in [1.82, 2.24) is 14.7 Å². The zero-order valence-corrected chi connectivity index (χ0v) is 16.0. The predicted molar refractivity (Wildman–Crippen MR) is 99.2 cm³/mol. The van der Waals surface area contributed by atoms with Gasteiger partial charge in [-0.3, -0.25) is 0 Å². The summed E-state index contributed by atoms with van der Waals surface area (Å²) in [7, 11) is -3.13. The normalized spacial score (nSPS) is 21.3. The first-order valence-corrected chi connectivity index (χ1v) is 10.6. The van der Waals surface area contributed by atoms with Gasteiger partial charge in [-0.05, 0) is 25.2 Å². The first-order chi connectivity index (χ1) is 11.8. The second kappa shape index (κ2) is 9.30. The molecule has 0 saturated carbocycles. The average Bonchev–Trinajstić information content (AvgIpc) is 2.54. The van der Waals surface area contributed by atoms with E-state index in [4.69, 9.17) is 4.74 Å². The van der Waals surface area contributed by atoms with Crippen molar-refractivity contribution in [1.29, 1.82) is 0 Å². The molecule has 0 amide bonds. The van der Waals surface area contributed by atoms with E-state index < -0.39 is 10.0 Å². The molecule has 9 heteroatoms. The summed E-state index contributed by atoms with van der Waals surface area (Å²) in [6.07, 6.45) is 5.64. The SMILES string of the molecule is CC(C)[C@H]1OCCC[C@@H]1Nc1cc(NCCCNS(C)(=O)=O)ncn1. The fourth-order valence-electron chi connectivity index (χ4n) is 2.90. The van der Waals surface area contributed by atoms with Crippen LogP contribution < -0.4 is 15.4 Å². The van der Waals surface area contributed by atoms with Crippen LogP contribution in [0.2, 0.25) is 0 Å². The molecule has 25 heavy (non-hydrogen) atoms. The maximum atomic E-state index is 11.0. The molecule has 0 radical (unpaired) electrons. The molecule has 1 fully saturated rings. The van der Waals surface area contributed by atoms with Crippen LogP contribution in [0, 0.1) is 5.92 Å². The van der Waals surface area contributed by atoms with Crippen LogP contribution in [0.25, 0.3) is 0 Å². The Hall–Kier alpha value is -1.45. The van der Waals surface area contributed by atoms with Crippen LogP contribution in [0.5, 0.6) is 0 Å². The van der Waals surface area contributed by atoms with Crippen molar-refractivity contribution in [3.63, 3.8) is 0 Å². The number of aromatic nitrogens is 2. The summed E-state index contributed by atoms with van der Waals surface area (Å²) in [4.78, 5) is 8.50. The molecule has 0 unspecified atom stereocenters. The summed E-state index contributed by atoms with van der Waals surface area (Å²) in [5.41, 5.74) is 0. The van der Waals surface area contributed by atoms with Crippen molar-refractivity contribution in [2.75, 3.05) is 36.6 Å². The largest absolute Gasteiger partial charge is 0.376 e. The minimum atomic E-state index is -3.13. The van der Waals surface area contributed by atoms with Gasteiger partial charge in [0, 0.05) is 25.8 Å². The number of rotatable bonds is 9. The van der Waals surface area contributed by atoms with Crippen LogP contribution in [0.3, 0.4) is 0 Å². The molecular formula is C16H29N5O3S. The molecule has 2 heterocycles. The fourth-order valence-corrected chi connectivity index (χ4v) is 3.41. The summed E-state index contributed by atoms with van der Waals surface area (Å²) in [6, 6.07) is 2.12. The van der Waals surface area contributed by atoms with Crippen LogP contribution in [0.1, 0.15) is 33.1 Å². The van der Waals surface area contributed by atoms with E-state index in [1.807, 2.05) is 6.07 Å². The predicted octanol–water partition coefficient (Wildman–Crippen LogP) is 1.44. The van der Waals surface area contributed by atoms with E-state index in [-0.39, 0.29) is 12.1 Å². The molecule has 3 N–H and O–H groups in total. The van der Waals surface area contributed by atoms with Crippen LogP contribution in [-0.4, -0.2) is 56.5 Å². The van der Waals surface area contributed by atoms with E-state index in [2.05, 4.69) is 39.2 Å². The molecule has 0 aliphatic carbocycles. The third-order valence-corrected chi connectivity index (χ3v) is 4.78. The third-order valence-electron chi connectivity index (χ3n) is 4.05. The minimum Gasteiger partial charge on any atom is -0.376 e. The summed E-state index contributed by atoms with van der Waals surface area (Å²) < 4.78 is 30.4. The van der Waals surface area contributed by atoms with Gasteiger partial charge in [-0.1, -0.05) is 13.8 Å². The minimum absolute atomic E-state index is 0.183. The van der Waals surface area contributed by atoms with Gasteiger partial charge < -0.3 is 15.4 Å². The molecule has 1 saturated heterocycles. The lowest BCUT2D eigenvalue weighted by atomic mass is 9.94. The molecular weight excluding hydrogens is 342 g/mol. The van der Waals surface area contributed by atoms with Gasteiger partial charge in [-0.15, -0.1) is 0 Å². The van der Waals surface area contributed by atoms with E-state index in [9.17, 15) is 8.42 Å². The van der Waals surface area contributed by atoms with Gasteiger partial charge in [-0.25, -0.2) is 23.1 Å². The summed E-state index contributed by atoms with van der Waals surface area (Å²) in [6.45, 7) is 6.18. The highest BCUT2D eigenvalue weighted by molar-refractivity contribution is 7.88. The molecule has 1 aromatic heterocycles. The summed E-state index contributed by atoms with van der Waals surface area (Å²) in [5.74, 6) is 1.93. The van der Waals surface area contributed by atoms with Crippen molar-refractivity contribution in [2.45, 2.75) is 45.3 Å². The zero-order chi connectivity index (χ0) is 18.3. The highest BCUT2D eigenvalue weighted by atomic mass is 32.2. The van der Waals surface area contributed by atoms with Gasteiger partial charge in [0.05, 0.1) is 18.4 Å². The van der Waals surface area contributed by atoms with Gasteiger partial charge in [-0.2, -0.15) is 0 Å². The highest BCUT2D eigenvalue weighted by Crippen LogP contribution is 2.23. The molecule has 0 spiro atoms. The molecule has 142 valence electrons. The topological polar surface area (TPSA) is 105 Å². The van der Waals surface area contributed by atoms with Crippen molar-refractivity contribution in [3.8, 4) is 0 Å². The average molecular weight is 372 g/mol. The van der Waals surface area contributed by atoms with Gasteiger partial charge >= 0.3 is 0 Å². The van der Waals surface area contributed by atoms with Crippen molar-refractivity contribution in [2.24, 2.45) is 5.92 Å². The van der Waals surface area contributed by atoms with Gasteiger partial charge in [0.1, 0.15) is 18.0 Å². The Morgan fingerprint density at radius 3 is 2.76 bits per heavy atom. The van der Waals surface area contributed by atoms with Crippen LogP contribution >= 0.6 is 0 Å². The Labute approximate surface area is 150 Å². The first kappa shape index (κ1) is 19.9. The van der Waals surface area contributed by atoms with Crippen molar-refractivity contribution in [3.05, 3.63) is 12.4 Å². The lowest BCUT2D eigenvalue weighted by molar-refractivity contribution is -0.0203. The molecule has 1 aliphatic heterocycles. The molecule has 8 nitrogen and oxygen atoms in total. The maximum Gasteiger partial charge on any atom is 0.208 e. The van der Waals surface area contributed by atoms with Gasteiger partial charge in [0.15, 0.2) is 0 Å². The van der Waals surface area contributed by atoms with Gasteiger partial charge in [0.25, 0.3) is 0 Å². The van der Waals surface area contributed by atoms with Crippen molar-refractivity contribution >= 4 is 21.7 Å². The zero-order valence-electron chi connectivity index (χ0n) is 15.2. The van der Waals surface area contributed by atoms with E-state index >= 15 is 0 Å². The maximum absolute atomic E-state index is 11.0. The Morgan fingerprint density at radius 1 is 1.28 bits per heavy atom. The Morgan fingerprint density at radius 2 is 2.04 bits per heavy atom. The Balaban J connectivity index is 1.84. The van der Waals surface area contributed by atoms with E-state index in [1.165, 1.54) is 6.33 Å². The summed E-state index contributed by atoms with van der Waals surface area (Å²) in [5, 5.41) is 6.65. The summed E-state index contributed by atoms with van der Waals surface area (Å²) >= 11 is 0. The van der Waals surface area contributed by atoms with Crippen LogP contribution in [0.4, 0.5) is 11.6 Å². The Bertz CT molecular complexity index is 638. The number of hydrogen-bond donors (Lipinski definition) is 3. The van der Waals surface area contributed by atoms with Crippen LogP contribution in [-0.2, 0) is 14.8 Å². The van der Waals surface area contributed by atoms with E-state index in [1.54, 1.807) is 0 Å². The molecule has 0 aromatic carbocycles. The van der Waals surface area contributed by atoms with Crippen LogP contribution in [0.15, 0.2) is 12.4 Å². The fraction of sp³-hybridized carbons (Fsp3) is 0.750. The molecule has 2 rings (SSSR count).